The molecule has 3 rings (SSSR count). The summed E-state index contributed by atoms with van der Waals surface area (Å²) in [5, 5.41) is 2.81. The molecule has 2 heterocycles. The van der Waals surface area contributed by atoms with Gasteiger partial charge in [-0.3, -0.25) is 9.59 Å². The average Bonchev–Trinajstić information content (AvgIpc) is 2.59. The second-order valence-electron chi connectivity index (χ2n) is 6.28. The Labute approximate surface area is 140 Å². The number of hydrogen-bond acceptors (Lipinski definition) is 5. The predicted octanol–water partition coefficient (Wildman–Crippen LogP) is 0.613. The van der Waals surface area contributed by atoms with Crippen LogP contribution in [0.1, 0.15) is 19.8 Å². The van der Waals surface area contributed by atoms with Crippen molar-refractivity contribution in [2.45, 2.75) is 32.0 Å². The fraction of sp³-hybridized carbons (Fsp3) is 0.529. The molecule has 1 saturated heterocycles. The van der Waals surface area contributed by atoms with E-state index in [-0.39, 0.29) is 12.5 Å². The van der Waals surface area contributed by atoms with Gasteiger partial charge in [0.05, 0.1) is 5.41 Å². The fourth-order valence-corrected chi connectivity index (χ4v) is 3.04. The first-order valence-corrected chi connectivity index (χ1v) is 8.09. The van der Waals surface area contributed by atoms with Crippen molar-refractivity contribution in [2.24, 2.45) is 11.1 Å². The van der Waals surface area contributed by atoms with Gasteiger partial charge in [-0.25, -0.2) is 0 Å². The van der Waals surface area contributed by atoms with Crippen LogP contribution in [0.2, 0.25) is 0 Å². The van der Waals surface area contributed by atoms with E-state index in [0.717, 1.165) is 0 Å². The van der Waals surface area contributed by atoms with E-state index in [4.69, 9.17) is 19.9 Å². The number of ether oxygens (including phenoxy) is 3. The first kappa shape index (κ1) is 16.6. The number of nitrogens with one attached hydrogen (secondary N) is 1. The summed E-state index contributed by atoms with van der Waals surface area (Å²) in [6.45, 7) is 2.88. The number of fused-ring (bicyclic) bond motifs is 1. The first-order chi connectivity index (χ1) is 11.5. The van der Waals surface area contributed by atoms with Crippen LogP contribution in [0.15, 0.2) is 24.3 Å². The molecule has 7 nitrogen and oxygen atoms in total. The van der Waals surface area contributed by atoms with Crippen LogP contribution in [0.4, 0.5) is 0 Å². The van der Waals surface area contributed by atoms with E-state index in [0.29, 0.717) is 37.6 Å². The van der Waals surface area contributed by atoms with Crippen molar-refractivity contribution in [2.75, 3.05) is 19.8 Å². The molecule has 0 aliphatic carbocycles. The van der Waals surface area contributed by atoms with E-state index in [1.165, 1.54) is 0 Å². The van der Waals surface area contributed by atoms with Crippen LogP contribution in [-0.2, 0) is 14.3 Å². The molecule has 1 aromatic carbocycles. The monoisotopic (exact) mass is 334 g/mol. The van der Waals surface area contributed by atoms with Crippen LogP contribution in [0.5, 0.6) is 11.5 Å². The minimum absolute atomic E-state index is 0.179. The molecule has 3 N–H and O–H groups in total. The summed E-state index contributed by atoms with van der Waals surface area (Å²) in [7, 11) is 0. The number of rotatable bonds is 4. The predicted molar refractivity (Wildman–Crippen MR) is 85.6 cm³/mol. The Bertz CT molecular complexity index is 627. The van der Waals surface area contributed by atoms with E-state index in [1.807, 2.05) is 12.1 Å². The quantitative estimate of drug-likeness (QED) is 0.840. The molecular weight excluding hydrogens is 312 g/mol. The second-order valence-corrected chi connectivity index (χ2v) is 6.28. The fourth-order valence-electron chi connectivity index (χ4n) is 3.04. The highest BCUT2D eigenvalue weighted by molar-refractivity contribution is 5.85. The Morgan fingerprint density at radius 1 is 1.21 bits per heavy atom. The van der Waals surface area contributed by atoms with Crippen molar-refractivity contribution in [3.8, 4) is 11.5 Å². The zero-order valence-corrected chi connectivity index (χ0v) is 13.6. The normalized spacial score (nSPS) is 24.9. The van der Waals surface area contributed by atoms with E-state index in [1.54, 1.807) is 19.1 Å². The molecule has 0 saturated carbocycles. The number of amides is 2. The van der Waals surface area contributed by atoms with Gasteiger partial charge in [0.1, 0.15) is 6.10 Å². The highest BCUT2D eigenvalue weighted by Gasteiger charge is 2.40. The van der Waals surface area contributed by atoms with Gasteiger partial charge in [-0.15, -0.1) is 0 Å². The number of benzene rings is 1. The molecule has 1 aromatic rings. The number of primary amides is 1. The van der Waals surface area contributed by atoms with Crippen LogP contribution in [0, 0.1) is 5.41 Å². The molecule has 130 valence electrons. The molecule has 7 heteroatoms. The van der Waals surface area contributed by atoms with Crippen LogP contribution in [0.3, 0.4) is 0 Å². The Balaban J connectivity index is 1.65. The highest BCUT2D eigenvalue weighted by Crippen LogP contribution is 2.34. The zero-order valence-electron chi connectivity index (χ0n) is 13.6. The number of carbonyl (C=O) groups excluding carboxylic acids is 2. The van der Waals surface area contributed by atoms with Gasteiger partial charge in [-0.2, -0.15) is 0 Å². The molecule has 2 amide bonds. The van der Waals surface area contributed by atoms with Gasteiger partial charge in [0, 0.05) is 19.8 Å². The standard InChI is InChI=1S/C17H22N2O5/c1-11-14(24-13-5-3-2-4-12(13)23-11)15(20)19-10-17(16(18)21)6-8-22-9-7-17/h2-5,11,14H,6-10H2,1H3,(H2,18,21)(H,19,20)/t11-,14+/m0/s1. The minimum Gasteiger partial charge on any atom is -0.482 e. The van der Waals surface area contributed by atoms with Crippen molar-refractivity contribution in [1.82, 2.24) is 5.32 Å². The minimum atomic E-state index is -0.773. The smallest absolute Gasteiger partial charge is 0.265 e. The lowest BCUT2D eigenvalue weighted by molar-refractivity contribution is -0.137. The molecule has 2 aliphatic rings. The summed E-state index contributed by atoms with van der Waals surface area (Å²) in [6.07, 6.45) is -0.199. The average molecular weight is 334 g/mol. The van der Waals surface area contributed by atoms with Gasteiger partial charge in [-0.1, -0.05) is 12.1 Å². The second kappa shape index (κ2) is 6.68. The van der Waals surface area contributed by atoms with E-state index >= 15 is 0 Å². The van der Waals surface area contributed by atoms with Crippen molar-refractivity contribution in [1.29, 1.82) is 0 Å². The number of para-hydroxylation sites is 2. The molecule has 0 spiro atoms. The Morgan fingerprint density at radius 2 is 1.83 bits per heavy atom. The van der Waals surface area contributed by atoms with Crippen molar-refractivity contribution in [3.05, 3.63) is 24.3 Å². The molecular formula is C17H22N2O5. The maximum Gasteiger partial charge on any atom is 0.265 e. The van der Waals surface area contributed by atoms with Gasteiger partial charge < -0.3 is 25.3 Å². The van der Waals surface area contributed by atoms with Crippen molar-refractivity contribution < 1.29 is 23.8 Å². The summed E-state index contributed by atoms with van der Waals surface area (Å²) in [4.78, 5) is 24.4. The van der Waals surface area contributed by atoms with Gasteiger partial charge in [0.25, 0.3) is 5.91 Å². The summed E-state index contributed by atoms with van der Waals surface area (Å²) in [5.41, 5.74) is 4.80. The van der Waals surface area contributed by atoms with E-state index in [2.05, 4.69) is 5.32 Å². The molecule has 0 unspecified atom stereocenters. The maximum absolute atomic E-state index is 12.5. The molecule has 0 radical (unpaired) electrons. The maximum atomic E-state index is 12.5. The Morgan fingerprint density at radius 3 is 2.46 bits per heavy atom. The molecule has 0 bridgehead atoms. The topological polar surface area (TPSA) is 99.9 Å². The zero-order chi connectivity index (χ0) is 17.2. The highest BCUT2D eigenvalue weighted by atomic mass is 16.6. The molecule has 0 aromatic heterocycles. The number of hydrogen-bond donors (Lipinski definition) is 2. The first-order valence-electron chi connectivity index (χ1n) is 8.09. The largest absolute Gasteiger partial charge is 0.482 e. The Kier molecular flexibility index (Phi) is 4.62. The summed E-state index contributed by atoms with van der Waals surface area (Å²) in [5.74, 6) is 0.424. The number of carbonyl (C=O) groups is 2. The van der Waals surface area contributed by atoms with Crippen LogP contribution >= 0.6 is 0 Å². The number of nitrogens with two attached hydrogens (primary N) is 1. The van der Waals surface area contributed by atoms with E-state index < -0.39 is 23.5 Å². The lowest BCUT2D eigenvalue weighted by Crippen LogP contribution is -2.54. The van der Waals surface area contributed by atoms with Crippen LogP contribution in [-0.4, -0.2) is 43.8 Å². The summed E-state index contributed by atoms with van der Waals surface area (Å²) in [6, 6.07) is 7.21. The summed E-state index contributed by atoms with van der Waals surface area (Å²) >= 11 is 0. The van der Waals surface area contributed by atoms with Gasteiger partial charge >= 0.3 is 0 Å². The van der Waals surface area contributed by atoms with Gasteiger partial charge in [0.2, 0.25) is 12.0 Å². The summed E-state index contributed by atoms with van der Waals surface area (Å²) < 4.78 is 16.8. The van der Waals surface area contributed by atoms with Crippen LogP contribution < -0.4 is 20.5 Å². The lowest BCUT2D eigenvalue weighted by Gasteiger charge is -2.35. The third kappa shape index (κ3) is 3.17. The van der Waals surface area contributed by atoms with Gasteiger partial charge in [-0.05, 0) is 31.9 Å². The Hall–Kier alpha value is -2.28. The van der Waals surface area contributed by atoms with E-state index in [9.17, 15) is 9.59 Å². The van der Waals surface area contributed by atoms with Crippen molar-refractivity contribution in [3.63, 3.8) is 0 Å². The van der Waals surface area contributed by atoms with Crippen molar-refractivity contribution >= 4 is 11.8 Å². The molecule has 2 atom stereocenters. The third-order valence-electron chi connectivity index (χ3n) is 4.67. The van der Waals surface area contributed by atoms with Crippen LogP contribution in [0.25, 0.3) is 0 Å². The third-order valence-corrected chi connectivity index (χ3v) is 4.67. The molecule has 2 aliphatic heterocycles. The lowest BCUT2D eigenvalue weighted by atomic mass is 9.79. The van der Waals surface area contributed by atoms with Gasteiger partial charge in [0.15, 0.2) is 11.5 Å². The molecule has 1 fully saturated rings. The SMILES string of the molecule is C[C@@H]1Oc2ccccc2O[C@H]1C(=O)NCC1(C(N)=O)CCOCC1. The molecule has 24 heavy (non-hydrogen) atoms.